The molecule has 0 aliphatic carbocycles. The molecule has 0 radical (unpaired) electrons. The molecule has 4 nitrogen and oxygen atoms in total. The molecular weight excluding hydrogens is 189 g/mol. The third-order valence-corrected chi connectivity index (χ3v) is 4.52. The van der Waals surface area contributed by atoms with E-state index in [1.54, 1.807) is 11.7 Å². The van der Waals surface area contributed by atoms with Crippen molar-refractivity contribution in [2.75, 3.05) is 13.7 Å². The van der Waals surface area contributed by atoms with Crippen LogP contribution in [0.15, 0.2) is 0 Å². The quantitative estimate of drug-likeness (QED) is 0.651. The van der Waals surface area contributed by atoms with Gasteiger partial charge in [0.25, 0.3) is 0 Å². The molecule has 1 aliphatic rings. The first kappa shape index (κ1) is 11.2. The van der Waals surface area contributed by atoms with E-state index in [9.17, 15) is 4.57 Å². The minimum atomic E-state index is -2.98. The first-order chi connectivity index (χ1) is 5.96. The molecule has 0 spiro atoms. The van der Waals surface area contributed by atoms with E-state index < -0.39 is 7.75 Å². The van der Waals surface area contributed by atoms with E-state index in [4.69, 9.17) is 9.05 Å². The van der Waals surface area contributed by atoms with Gasteiger partial charge in [0.1, 0.15) is 0 Å². The maximum absolute atomic E-state index is 12.1. The van der Waals surface area contributed by atoms with Crippen molar-refractivity contribution >= 4 is 7.75 Å². The summed E-state index contributed by atoms with van der Waals surface area (Å²) >= 11 is 0. The molecule has 0 amide bonds. The molecule has 0 bridgehead atoms. The molecule has 1 fully saturated rings. The van der Waals surface area contributed by atoms with Crippen LogP contribution in [0.1, 0.15) is 27.2 Å². The molecule has 0 N–H and O–H groups in total. The molecule has 1 heterocycles. The van der Waals surface area contributed by atoms with E-state index in [0.717, 1.165) is 6.42 Å². The van der Waals surface area contributed by atoms with Gasteiger partial charge in [0, 0.05) is 6.04 Å². The van der Waals surface area contributed by atoms with Gasteiger partial charge in [-0.2, -0.15) is 0 Å². The van der Waals surface area contributed by atoms with Crippen molar-refractivity contribution in [2.24, 2.45) is 0 Å². The van der Waals surface area contributed by atoms with Crippen LogP contribution in [0.5, 0.6) is 0 Å². The average Bonchev–Trinajstić information content (AvgIpc) is 1.99. The van der Waals surface area contributed by atoms with Crippen molar-refractivity contribution in [3.05, 3.63) is 0 Å². The second kappa shape index (κ2) is 4.09. The van der Waals surface area contributed by atoms with Gasteiger partial charge in [-0.3, -0.25) is 9.05 Å². The maximum atomic E-state index is 12.1. The standard InChI is InChI=1S/C8H18NO3P/c1-7(2)12-13(10)9(4)8(3)5-6-11-13/h7-8H,5-6H2,1-4H3. The van der Waals surface area contributed by atoms with Crippen molar-refractivity contribution in [2.45, 2.75) is 39.3 Å². The van der Waals surface area contributed by atoms with Crippen LogP contribution in [0.4, 0.5) is 0 Å². The minimum absolute atomic E-state index is 0.0708. The molecular formula is C8H18NO3P. The predicted molar refractivity (Wildman–Crippen MR) is 51.6 cm³/mol. The highest BCUT2D eigenvalue weighted by molar-refractivity contribution is 7.51. The maximum Gasteiger partial charge on any atom is 0.408 e. The molecule has 0 aromatic carbocycles. The van der Waals surface area contributed by atoms with Gasteiger partial charge < -0.3 is 0 Å². The normalized spacial score (nSPS) is 36.8. The van der Waals surface area contributed by atoms with Crippen molar-refractivity contribution in [3.63, 3.8) is 0 Å². The van der Waals surface area contributed by atoms with E-state index in [0.29, 0.717) is 6.61 Å². The van der Waals surface area contributed by atoms with Crippen LogP contribution in [0.3, 0.4) is 0 Å². The van der Waals surface area contributed by atoms with Crippen LogP contribution in [0, 0.1) is 0 Å². The Morgan fingerprint density at radius 3 is 2.77 bits per heavy atom. The van der Waals surface area contributed by atoms with Crippen molar-refractivity contribution in [1.82, 2.24) is 4.67 Å². The summed E-state index contributed by atoms with van der Waals surface area (Å²) < 4.78 is 24.3. The molecule has 13 heavy (non-hydrogen) atoms. The summed E-state index contributed by atoms with van der Waals surface area (Å²) in [5.74, 6) is 0. The Morgan fingerprint density at radius 1 is 1.62 bits per heavy atom. The summed E-state index contributed by atoms with van der Waals surface area (Å²) in [5.41, 5.74) is 0. The number of hydrogen-bond acceptors (Lipinski definition) is 3. The summed E-state index contributed by atoms with van der Waals surface area (Å²) in [6, 6.07) is 0.262. The molecule has 0 saturated carbocycles. The van der Waals surface area contributed by atoms with E-state index in [1.165, 1.54) is 0 Å². The van der Waals surface area contributed by atoms with Gasteiger partial charge in [-0.15, -0.1) is 0 Å². The second-order valence-corrected chi connectivity index (χ2v) is 5.70. The molecule has 2 atom stereocenters. The lowest BCUT2D eigenvalue weighted by Gasteiger charge is -2.36. The van der Waals surface area contributed by atoms with Crippen molar-refractivity contribution in [1.29, 1.82) is 0 Å². The van der Waals surface area contributed by atoms with Gasteiger partial charge in [0.05, 0.1) is 12.7 Å². The second-order valence-electron chi connectivity index (χ2n) is 3.67. The summed E-state index contributed by atoms with van der Waals surface area (Å²) in [7, 11) is -1.20. The first-order valence-electron chi connectivity index (χ1n) is 4.62. The van der Waals surface area contributed by atoms with E-state index in [2.05, 4.69) is 0 Å². The predicted octanol–water partition coefficient (Wildman–Crippen LogP) is 2.26. The Morgan fingerprint density at radius 2 is 2.23 bits per heavy atom. The van der Waals surface area contributed by atoms with Gasteiger partial charge in [-0.05, 0) is 34.2 Å². The molecule has 2 unspecified atom stereocenters. The molecule has 5 heteroatoms. The smallest absolute Gasteiger partial charge is 0.297 e. The van der Waals surface area contributed by atoms with E-state index >= 15 is 0 Å². The van der Waals surface area contributed by atoms with Crippen LogP contribution in [0.2, 0.25) is 0 Å². The highest BCUT2D eigenvalue weighted by Gasteiger charge is 2.38. The Labute approximate surface area is 79.8 Å². The SMILES string of the molecule is CC(C)OP1(=O)OCCC(C)N1C. The topological polar surface area (TPSA) is 38.8 Å². The molecule has 1 saturated heterocycles. The van der Waals surface area contributed by atoms with Gasteiger partial charge in [-0.25, -0.2) is 9.24 Å². The average molecular weight is 207 g/mol. The largest absolute Gasteiger partial charge is 0.408 e. The van der Waals surface area contributed by atoms with Gasteiger partial charge in [-0.1, -0.05) is 0 Å². The van der Waals surface area contributed by atoms with E-state index in [1.807, 2.05) is 20.8 Å². The molecule has 0 aromatic rings. The summed E-state index contributed by atoms with van der Waals surface area (Å²) in [4.78, 5) is 0. The fourth-order valence-corrected chi connectivity index (χ4v) is 3.09. The van der Waals surface area contributed by atoms with Gasteiger partial charge in [0.2, 0.25) is 0 Å². The fourth-order valence-electron chi connectivity index (χ4n) is 1.23. The molecule has 78 valence electrons. The Bertz CT molecular complexity index is 219. The minimum Gasteiger partial charge on any atom is -0.297 e. The zero-order valence-electron chi connectivity index (χ0n) is 8.69. The van der Waals surface area contributed by atoms with Crippen LogP contribution in [-0.2, 0) is 13.6 Å². The summed E-state index contributed by atoms with van der Waals surface area (Å²) in [6.07, 6.45) is 0.834. The van der Waals surface area contributed by atoms with Crippen LogP contribution in [0.25, 0.3) is 0 Å². The molecule has 1 aliphatic heterocycles. The van der Waals surface area contributed by atoms with Crippen LogP contribution < -0.4 is 0 Å². The summed E-state index contributed by atoms with van der Waals surface area (Å²) in [6.45, 7) is 6.26. The zero-order valence-corrected chi connectivity index (χ0v) is 9.58. The fraction of sp³-hybridized carbons (Fsp3) is 1.00. The van der Waals surface area contributed by atoms with Gasteiger partial charge >= 0.3 is 7.75 Å². The lowest BCUT2D eigenvalue weighted by atomic mass is 10.2. The molecule has 1 rings (SSSR count). The lowest BCUT2D eigenvalue weighted by Crippen LogP contribution is -2.34. The number of nitrogens with zero attached hydrogens (tertiary/aromatic N) is 1. The monoisotopic (exact) mass is 207 g/mol. The third kappa shape index (κ3) is 2.53. The Balaban J connectivity index is 2.70. The Kier molecular flexibility index (Phi) is 3.52. The highest BCUT2D eigenvalue weighted by Crippen LogP contribution is 2.55. The summed E-state index contributed by atoms with van der Waals surface area (Å²) in [5, 5.41) is 0. The third-order valence-electron chi connectivity index (χ3n) is 2.16. The zero-order chi connectivity index (χ0) is 10.1. The van der Waals surface area contributed by atoms with E-state index in [-0.39, 0.29) is 12.1 Å². The highest BCUT2D eigenvalue weighted by atomic mass is 31.2. The first-order valence-corrected chi connectivity index (χ1v) is 6.11. The lowest BCUT2D eigenvalue weighted by molar-refractivity contribution is 0.0916. The van der Waals surface area contributed by atoms with Crippen LogP contribution in [-0.4, -0.2) is 30.5 Å². The number of rotatable bonds is 2. The molecule has 0 aromatic heterocycles. The number of hydrogen-bond donors (Lipinski definition) is 0. The van der Waals surface area contributed by atoms with Crippen molar-refractivity contribution < 1.29 is 13.6 Å². The van der Waals surface area contributed by atoms with Crippen LogP contribution >= 0.6 is 7.75 Å². The van der Waals surface area contributed by atoms with Gasteiger partial charge in [0.15, 0.2) is 0 Å². The Hall–Kier alpha value is 0.110. The van der Waals surface area contributed by atoms with Crippen molar-refractivity contribution in [3.8, 4) is 0 Å².